The van der Waals surface area contributed by atoms with Gasteiger partial charge < -0.3 is 212 Å². The zero-order valence-electron chi connectivity index (χ0n) is 68.5. The highest BCUT2D eigenvalue weighted by atomic mass is 16.8. The fourth-order valence-electron chi connectivity index (χ4n) is 16.6. The van der Waals surface area contributed by atoms with E-state index in [1.165, 1.54) is 34.6 Å². The molecular formula is C76H124N2O43. The first-order chi connectivity index (χ1) is 57.4. The minimum atomic E-state index is -2.15. The predicted octanol–water partition coefficient (Wildman–Crippen LogP) is -10.1. The van der Waals surface area contributed by atoms with Crippen LogP contribution in [0.2, 0.25) is 0 Å². The zero-order chi connectivity index (χ0) is 88.3. The Morgan fingerprint density at radius 1 is 0.298 bits per heavy atom. The molecule has 50 atom stereocenters. The zero-order valence-corrected chi connectivity index (χ0v) is 68.5. The van der Waals surface area contributed by atoms with Gasteiger partial charge in [0.05, 0.1) is 81.9 Å². The second-order valence-electron chi connectivity index (χ2n) is 32.7. The molecule has 10 heterocycles. The molecule has 0 aromatic heterocycles. The fraction of sp³-hybridized carbons (Fsp3) is 0.895. The predicted molar refractivity (Wildman–Crippen MR) is 394 cm³/mol. The lowest BCUT2D eigenvalue weighted by molar-refractivity contribution is -0.412. The average molecular weight is 1750 g/mol. The lowest BCUT2D eigenvalue weighted by Gasteiger charge is -2.52. The monoisotopic (exact) mass is 1750 g/mol. The van der Waals surface area contributed by atoms with Gasteiger partial charge in [0, 0.05) is 32.3 Å². The third kappa shape index (κ3) is 21.7. The SMILES string of the molecule is CCCO[C@@H]1OC(C)[C@H](O)[C@H](O[C@@H]2OC(C)[C@H](O)[C@H](O)C2O[C@@H]2OC(C)[C@H](O)[C@H](O[C@H]3O[C@@H](CO)[C@@H](O)C(O)C3O)C2O[C@@H]2OC(CO)[C@@H](O)[C@H](O[C@@H]3OC(C)[C@H](OCc4ccccc4)[C@H](O[C@@H]4OC(C)[C@H](O)[C@H](O)C4O[C@@H]4OC(C)[C@H](O)[C@H](O[C@H]5O[C@@H](CO)[C@@H](O)C(O)C5O)C4O[C@@H]4OC(CO)[C@@H](O)[C@H](O)C4NC(C)=O)C3C)C2NC(C)=O)C1C. The minimum Gasteiger partial charge on any atom is -0.394 e. The van der Waals surface area contributed by atoms with Gasteiger partial charge in [-0.25, -0.2) is 0 Å². The van der Waals surface area contributed by atoms with E-state index in [1.807, 2.05) is 6.92 Å². The van der Waals surface area contributed by atoms with Gasteiger partial charge in [0.25, 0.3) is 0 Å². The van der Waals surface area contributed by atoms with Crippen LogP contribution in [0.3, 0.4) is 0 Å². The van der Waals surface area contributed by atoms with Crippen LogP contribution in [0.4, 0.5) is 0 Å². The topological polar surface area (TPSA) is 657 Å². The third-order valence-electron chi connectivity index (χ3n) is 23.8. The normalized spacial score (nSPS) is 50.1. The number of amides is 2. The molecule has 20 unspecified atom stereocenters. The molecule has 45 heteroatoms. The van der Waals surface area contributed by atoms with Crippen molar-refractivity contribution in [3.63, 3.8) is 0 Å². The summed E-state index contributed by atoms with van der Waals surface area (Å²) in [7, 11) is 0. The van der Waals surface area contributed by atoms with Crippen molar-refractivity contribution in [2.24, 2.45) is 11.8 Å². The van der Waals surface area contributed by atoms with Crippen LogP contribution in [0.25, 0.3) is 0 Å². The molecule has 0 aliphatic carbocycles. The molecule has 0 bridgehead atoms. The molecule has 2 amide bonds. The number of ether oxygens (including phenoxy) is 21. The molecule has 1 aromatic carbocycles. The Kier molecular flexibility index (Phi) is 34.7. The van der Waals surface area contributed by atoms with Crippen molar-refractivity contribution in [3.8, 4) is 0 Å². The van der Waals surface area contributed by atoms with Crippen LogP contribution in [0.15, 0.2) is 30.3 Å². The largest absolute Gasteiger partial charge is 0.394 e. The summed E-state index contributed by atoms with van der Waals surface area (Å²) < 4.78 is 134. The first-order valence-electron chi connectivity index (χ1n) is 40.9. The first kappa shape index (κ1) is 98.1. The molecule has 10 aliphatic heterocycles. The van der Waals surface area contributed by atoms with E-state index in [9.17, 15) is 112 Å². The van der Waals surface area contributed by atoms with Gasteiger partial charge in [-0.2, -0.15) is 0 Å². The highest BCUT2D eigenvalue weighted by Crippen LogP contribution is 2.44. The summed E-state index contributed by atoms with van der Waals surface area (Å²) in [5, 5.41) is 233. The average Bonchev–Trinajstić information content (AvgIpc) is 0.739. The van der Waals surface area contributed by atoms with E-state index >= 15 is 0 Å². The Balaban J connectivity index is 0.947. The Morgan fingerprint density at radius 3 is 1.08 bits per heavy atom. The van der Waals surface area contributed by atoms with Crippen molar-refractivity contribution in [2.45, 2.75) is 384 Å². The lowest BCUT2D eigenvalue weighted by atomic mass is 9.90. The van der Waals surface area contributed by atoms with Gasteiger partial charge in [-0.1, -0.05) is 51.1 Å². The van der Waals surface area contributed by atoms with Gasteiger partial charge in [-0.15, -0.1) is 0 Å². The molecule has 696 valence electrons. The maximum absolute atomic E-state index is 13.9. The number of carbonyl (C=O) groups is 2. The van der Waals surface area contributed by atoms with Crippen molar-refractivity contribution < 1.29 is 211 Å². The van der Waals surface area contributed by atoms with Crippen molar-refractivity contribution >= 4 is 11.8 Å². The second-order valence-corrected chi connectivity index (χ2v) is 32.7. The van der Waals surface area contributed by atoms with E-state index in [1.54, 1.807) is 51.1 Å². The van der Waals surface area contributed by atoms with Crippen LogP contribution >= 0.6 is 0 Å². The first-order valence-corrected chi connectivity index (χ1v) is 40.9. The number of hydrogen-bond donors (Lipinski definition) is 22. The highest BCUT2D eigenvalue weighted by Gasteiger charge is 2.62. The van der Waals surface area contributed by atoms with Crippen molar-refractivity contribution in [1.82, 2.24) is 10.6 Å². The maximum atomic E-state index is 13.9. The van der Waals surface area contributed by atoms with Gasteiger partial charge in [0.1, 0.15) is 183 Å². The van der Waals surface area contributed by atoms with Crippen LogP contribution in [-0.2, 0) is 116 Å². The summed E-state index contributed by atoms with van der Waals surface area (Å²) in [4.78, 5) is 26.7. The summed E-state index contributed by atoms with van der Waals surface area (Å²) in [5.41, 5.74) is 0.631. The molecule has 10 saturated heterocycles. The molecule has 10 fully saturated rings. The molecule has 0 spiro atoms. The molecule has 0 radical (unpaired) electrons. The molecule has 0 saturated carbocycles. The number of rotatable bonds is 30. The number of aliphatic hydroxyl groups is 20. The number of carbonyl (C=O) groups excluding carboxylic acids is 2. The number of nitrogens with one attached hydrogen (secondary N) is 2. The highest BCUT2D eigenvalue weighted by molar-refractivity contribution is 5.73. The molecule has 11 rings (SSSR count). The van der Waals surface area contributed by atoms with E-state index < -0.39 is 345 Å². The van der Waals surface area contributed by atoms with Gasteiger partial charge >= 0.3 is 0 Å². The smallest absolute Gasteiger partial charge is 0.217 e. The Hall–Kier alpha value is -3.48. The van der Waals surface area contributed by atoms with Crippen LogP contribution in [0.5, 0.6) is 0 Å². The van der Waals surface area contributed by atoms with Crippen LogP contribution in [0.1, 0.15) is 88.1 Å². The van der Waals surface area contributed by atoms with Gasteiger partial charge in [-0.05, 0) is 53.5 Å². The maximum Gasteiger partial charge on any atom is 0.217 e. The third-order valence-corrected chi connectivity index (χ3v) is 23.8. The summed E-state index contributed by atoms with van der Waals surface area (Å²) in [6.45, 7) is 11.9. The fourth-order valence-corrected chi connectivity index (χ4v) is 16.6. The van der Waals surface area contributed by atoms with Gasteiger partial charge in [0.15, 0.2) is 62.9 Å². The molecule has 45 nitrogen and oxygen atoms in total. The Labute approximate surface area is 696 Å². The molecular weight excluding hydrogens is 1630 g/mol. The summed E-state index contributed by atoms with van der Waals surface area (Å²) >= 11 is 0. The standard InChI is InChI=1S/C76H124N2O43/c1-12-18-101-67-24(2)57(43(87)28(6)103-67)113-73-63(53(97)41(85)26(4)104-73)118-76-66(62(45(89)30(8)107-76)117-72-56(100)52(96)48(92)37(21-81)112-72)121-70-40(78-33(11)84)60(49(93)38(22-82)110-70)115-68-25(3)58(59(31(9)108-68)102-23-34-16-14-13-15-17-34)114-74-64(54(98)42(86)27(5)105-74)119-75-65(120-69-39(77-32(10)83)50(94)46(90)35(19-79)109-69)61(44(88)29(7)106-75)116-71-55(99)51(95)47(91)36(20-80)111-71/h13-17,24-31,35-76,79-82,85-100H,12,18-23H2,1-11H3,(H,77,83)(H,78,84)/t24?,25?,26?,27?,28?,29?,30?,31?,35?,36-,37-,38?,39?,40?,41-,42-,43-,44-,45-,46+,47+,48+,49+,50+,51?,52?,53-,54-,55?,56?,57+,58+,59-,60+,61-,62-,63?,64?,65?,66?,67+,68-,69-,70-,71+,72+,73-,74-,75-,76-/m0/s1. The van der Waals surface area contributed by atoms with Crippen LogP contribution in [-0.4, -0.2) is 442 Å². The van der Waals surface area contributed by atoms with Gasteiger partial charge in [-0.3, -0.25) is 9.59 Å². The minimum absolute atomic E-state index is 0.144. The van der Waals surface area contributed by atoms with E-state index in [2.05, 4.69) is 10.6 Å². The van der Waals surface area contributed by atoms with E-state index in [0.717, 1.165) is 13.8 Å². The molecule has 121 heavy (non-hydrogen) atoms. The quantitative estimate of drug-likeness (QED) is 0.0340. The molecule has 1 aromatic rings. The number of hydrogen-bond acceptors (Lipinski definition) is 43. The number of aliphatic hydroxyl groups excluding tert-OH is 20. The Bertz CT molecular complexity index is 3340. The summed E-state index contributed by atoms with van der Waals surface area (Å²) in [6, 6.07) is 5.17. The molecule has 22 N–H and O–H groups in total. The van der Waals surface area contributed by atoms with E-state index in [0.29, 0.717) is 12.0 Å². The molecule has 10 aliphatic rings. The van der Waals surface area contributed by atoms with Crippen molar-refractivity contribution in [1.29, 1.82) is 0 Å². The second kappa shape index (κ2) is 42.8. The Morgan fingerprint density at radius 2 is 0.636 bits per heavy atom. The summed E-state index contributed by atoms with van der Waals surface area (Å²) in [6.07, 6.45) is -81.0. The lowest BCUT2D eigenvalue weighted by Crippen LogP contribution is -2.70. The van der Waals surface area contributed by atoms with Crippen LogP contribution < -0.4 is 10.6 Å². The number of benzene rings is 1. The van der Waals surface area contributed by atoms with E-state index in [-0.39, 0.29) is 13.2 Å². The van der Waals surface area contributed by atoms with Crippen molar-refractivity contribution in [2.75, 3.05) is 33.0 Å². The summed E-state index contributed by atoms with van der Waals surface area (Å²) in [5.74, 6) is -3.68. The van der Waals surface area contributed by atoms with Crippen LogP contribution in [0, 0.1) is 11.8 Å². The van der Waals surface area contributed by atoms with Gasteiger partial charge in [0.2, 0.25) is 11.8 Å². The van der Waals surface area contributed by atoms with Crippen molar-refractivity contribution in [3.05, 3.63) is 35.9 Å². The van der Waals surface area contributed by atoms with E-state index in [4.69, 9.17) is 99.5 Å².